The number of Topliss-reactive ketones (excluding diaryl/α,β-unsaturated/α-hetero) is 1. The zero-order chi connectivity index (χ0) is 23.4. The van der Waals surface area contributed by atoms with Crippen LogP contribution in [-0.2, 0) is 11.4 Å². The van der Waals surface area contributed by atoms with Crippen molar-refractivity contribution in [1.29, 1.82) is 0 Å². The molecule has 0 saturated carbocycles. The predicted octanol–water partition coefficient (Wildman–Crippen LogP) is 3.05. The summed E-state index contributed by atoms with van der Waals surface area (Å²) < 4.78 is 5.98. The molecule has 3 aromatic rings. The number of thiophene rings is 1. The van der Waals surface area contributed by atoms with E-state index >= 15 is 0 Å². The SMILES string of the molecule is C[NH+](C)CCN1C(=O)C(O)=C(C(=O)c2cccs2)[C@@H]1c1cccc(OCc2ccccc2)c1. The summed E-state index contributed by atoms with van der Waals surface area (Å²) in [6, 6.07) is 20.1. The van der Waals surface area contributed by atoms with Crippen LogP contribution in [0.1, 0.15) is 26.8 Å². The molecule has 170 valence electrons. The van der Waals surface area contributed by atoms with Crippen LogP contribution in [-0.4, -0.2) is 48.9 Å². The highest BCUT2D eigenvalue weighted by molar-refractivity contribution is 7.12. The van der Waals surface area contributed by atoms with Gasteiger partial charge in [-0.1, -0.05) is 48.5 Å². The van der Waals surface area contributed by atoms with Crippen LogP contribution in [0.2, 0.25) is 0 Å². The third-order valence-corrected chi connectivity index (χ3v) is 6.44. The molecule has 2 aromatic carbocycles. The van der Waals surface area contributed by atoms with Crippen molar-refractivity contribution >= 4 is 23.0 Å². The monoisotopic (exact) mass is 463 g/mol. The fourth-order valence-corrected chi connectivity index (χ4v) is 4.54. The topological polar surface area (TPSA) is 71.3 Å². The minimum absolute atomic E-state index is 0.122. The fourth-order valence-electron chi connectivity index (χ4n) is 3.86. The first-order valence-corrected chi connectivity index (χ1v) is 11.7. The Morgan fingerprint density at radius 1 is 1.09 bits per heavy atom. The van der Waals surface area contributed by atoms with Crippen LogP contribution in [0, 0.1) is 0 Å². The Morgan fingerprint density at radius 2 is 1.88 bits per heavy atom. The lowest BCUT2D eigenvalue weighted by Gasteiger charge is -2.27. The number of carbonyl (C=O) groups excluding carboxylic acids is 2. The number of nitrogens with one attached hydrogen (secondary N) is 1. The molecule has 4 rings (SSSR count). The Hall–Kier alpha value is -3.42. The number of likely N-dealkylation sites (N-methyl/N-ethyl adjacent to an activating group) is 1. The molecule has 2 N–H and O–H groups in total. The number of rotatable bonds is 9. The van der Waals surface area contributed by atoms with Crippen molar-refractivity contribution in [1.82, 2.24) is 4.90 Å². The number of ether oxygens (including phenoxy) is 1. The molecule has 7 heteroatoms. The van der Waals surface area contributed by atoms with Crippen LogP contribution in [0.5, 0.6) is 5.75 Å². The van der Waals surface area contributed by atoms with E-state index in [4.69, 9.17) is 4.74 Å². The van der Waals surface area contributed by atoms with Crippen LogP contribution >= 0.6 is 11.3 Å². The lowest BCUT2D eigenvalue weighted by Crippen LogP contribution is -3.06. The highest BCUT2D eigenvalue weighted by Crippen LogP contribution is 2.40. The van der Waals surface area contributed by atoms with Gasteiger partial charge in [-0.15, -0.1) is 11.3 Å². The number of aliphatic hydroxyl groups is 1. The number of amides is 1. The van der Waals surface area contributed by atoms with Gasteiger partial charge >= 0.3 is 0 Å². The van der Waals surface area contributed by atoms with E-state index in [0.717, 1.165) is 11.1 Å². The number of carbonyl (C=O) groups is 2. The number of quaternary nitrogens is 1. The number of hydrogen-bond donors (Lipinski definition) is 2. The van der Waals surface area contributed by atoms with E-state index in [1.807, 2.05) is 74.1 Å². The molecule has 0 fully saturated rings. The van der Waals surface area contributed by atoms with Crippen LogP contribution in [0.15, 0.2) is 83.4 Å². The van der Waals surface area contributed by atoms with Gasteiger partial charge in [0, 0.05) is 0 Å². The number of ketones is 1. The quantitative estimate of drug-likeness (QED) is 0.479. The van der Waals surface area contributed by atoms with E-state index in [2.05, 4.69) is 0 Å². The lowest BCUT2D eigenvalue weighted by molar-refractivity contribution is -0.857. The largest absolute Gasteiger partial charge is 0.503 e. The molecule has 0 spiro atoms. The van der Waals surface area contributed by atoms with Gasteiger partial charge in [-0.3, -0.25) is 9.59 Å². The van der Waals surface area contributed by atoms with Crippen LogP contribution < -0.4 is 9.64 Å². The van der Waals surface area contributed by atoms with Crippen molar-refractivity contribution in [3.63, 3.8) is 0 Å². The van der Waals surface area contributed by atoms with E-state index in [9.17, 15) is 14.7 Å². The zero-order valence-corrected chi connectivity index (χ0v) is 19.5. The lowest BCUT2D eigenvalue weighted by atomic mass is 9.95. The second-order valence-electron chi connectivity index (χ2n) is 8.27. The summed E-state index contributed by atoms with van der Waals surface area (Å²) in [5, 5.41) is 12.6. The zero-order valence-electron chi connectivity index (χ0n) is 18.7. The molecule has 2 heterocycles. The molecule has 33 heavy (non-hydrogen) atoms. The van der Waals surface area contributed by atoms with Gasteiger partial charge in [0.05, 0.1) is 43.7 Å². The van der Waals surface area contributed by atoms with Crippen molar-refractivity contribution in [3.05, 3.63) is 99.4 Å². The van der Waals surface area contributed by atoms with Crippen molar-refractivity contribution in [2.45, 2.75) is 12.6 Å². The molecule has 0 radical (unpaired) electrons. The minimum atomic E-state index is -0.674. The molecule has 0 unspecified atom stereocenters. The Labute approximate surface area is 197 Å². The molecule has 1 aromatic heterocycles. The highest BCUT2D eigenvalue weighted by Gasteiger charge is 2.44. The second kappa shape index (κ2) is 10.0. The normalized spacial score (nSPS) is 16.0. The van der Waals surface area contributed by atoms with E-state index in [0.29, 0.717) is 30.3 Å². The van der Waals surface area contributed by atoms with E-state index < -0.39 is 17.7 Å². The number of nitrogens with zero attached hydrogens (tertiary/aromatic N) is 1. The first kappa shape index (κ1) is 22.8. The summed E-state index contributed by atoms with van der Waals surface area (Å²) in [6.07, 6.45) is 0. The molecular formula is C26H27N2O4S+. The molecule has 1 aliphatic heterocycles. The molecule has 0 aliphatic carbocycles. The van der Waals surface area contributed by atoms with E-state index in [-0.39, 0.29) is 11.4 Å². The molecular weight excluding hydrogens is 436 g/mol. The first-order chi connectivity index (χ1) is 16.0. The van der Waals surface area contributed by atoms with Crippen LogP contribution in [0.3, 0.4) is 0 Å². The third kappa shape index (κ3) is 4.99. The summed E-state index contributed by atoms with van der Waals surface area (Å²) >= 11 is 1.29. The van der Waals surface area contributed by atoms with Gasteiger partial charge in [0.1, 0.15) is 12.4 Å². The first-order valence-electron chi connectivity index (χ1n) is 10.8. The maximum Gasteiger partial charge on any atom is 0.290 e. The van der Waals surface area contributed by atoms with Gasteiger partial charge in [-0.25, -0.2) is 0 Å². The molecule has 6 nitrogen and oxygen atoms in total. The van der Waals surface area contributed by atoms with Crippen LogP contribution in [0.25, 0.3) is 0 Å². The van der Waals surface area contributed by atoms with Gasteiger partial charge in [-0.2, -0.15) is 0 Å². The van der Waals surface area contributed by atoms with E-state index in [1.54, 1.807) is 17.0 Å². The van der Waals surface area contributed by atoms with Crippen LogP contribution in [0.4, 0.5) is 0 Å². The number of aliphatic hydroxyl groups excluding tert-OH is 1. The fraction of sp³-hybridized carbons (Fsp3) is 0.231. The standard InChI is InChI=1S/C26H26N2O4S/c1-27(2)13-14-28-23(22(25(30)26(28)31)24(29)21-12-7-15-33-21)19-10-6-11-20(16-19)32-17-18-8-4-3-5-9-18/h3-12,15-16,23,30H,13-14,17H2,1-2H3/p+1/t23-/m0/s1. The second-order valence-corrected chi connectivity index (χ2v) is 9.22. The minimum Gasteiger partial charge on any atom is -0.503 e. The summed E-state index contributed by atoms with van der Waals surface area (Å²) in [4.78, 5) is 29.6. The van der Waals surface area contributed by atoms with Gasteiger partial charge < -0.3 is 19.6 Å². The van der Waals surface area contributed by atoms with Gasteiger partial charge in [0.2, 0.25) is 5.78 Å². The van der Waals surface area contributed by atoms with Crippen molar-refractivity contribution in [3.8, 4) is 5.75 Å². The average molecular weight is 464 g/mol. The van der Waals surface area contributed by atoms with Crippen molar-refractivity contribution in [2.75, 3.05) is 27.2 Å². The summed E-state index contributed by atoms with van der Waals surface area (Å²) in [7, 11) is 4.00. The molecule has 0 saturated heterocycles. The van der Waals surface area contributed by atoms with Crippen molar-refractivity contribution in [2.24, 2.45) is 0 Å². The summed E-state index contributed by atoms with van der Waals surface area (Å²) in [5.74, 6) is -0.674. The highest BCUT2D eigenvalue weighted by atomic mass is 32.1. The van der Waals surface area contributed by atoms with E-state index in [1.165, 1.54) is 16.2 Å². The Kier molecular flexibility index (Phi) is 6.91. The number of hydrogen-bond acceptors (Lipinski definition) is 5. The van der Waals surface area contributed by atoms with Gasteiger partial charge in [0.15, 0.2) is 5.76 Å². The maximum atomic E-state index is 13.3. The summed E-state index contributed by atoms with van der Waals surface area (Å²) in [6.45, 7) is 1.50. The average Bonchev–Trinajstić information content (AvgIpc) is 3.44. The van der Waals surface area contributed by atoms with Gasteiger partial charge in [-0.05, 0) is 34.7 Å². The molecule has 1 amide bonds. The Balaban J connectivity index is 1.67. The smallest absolute Gasteiger partial charge is 0.290 e. The Bertz CT molecular complexity index is 1160. The third-order valence-electron chi connectivity index (χ3n) is 5.57. The Morgan fingerprint density at radius 3 is 2.58 bits per heavy atom. The van der Waals surface area contributed by atoms with Crippen molar-refractivity contribution < 1.29 is 24.3 Å². The summed E-state index contributed by atoms with van der Waals surface area (Å²) in [5.41, 5.74) is 1.89. The van der Waals surface area contributed by atoms with Gasteiger partial charge in [0.25, 0.3) is 5.91 Å². The molecule has 1 atom stereocenters. The predicted molar refractivity (Wildman–Crippen MR) is 128 cm³/mol. The molecule has 0 bridgehead atoms. The molecule has 1 aliphatic rings. The maximum absolute atomic E-state index is 13.3. The number of benzene rings is 2.